The van der Waals surface area contributed by atoms with Crippen molar-refractivity contribution in [2.45, 2.75) is 0 Å². The van der Waals surface area contributed by atoms with Crippen molar-refractivity contribution in [3.05, 3.63) is 97.3 Å². The molecule has 29 heavy (non-hydrogen) atoms. The lowest BCUT2D eigenvalue weighted by Gasteiger charge is -2.11. The molecule has 2 N–H and O–H groups in total. The largest absolute Gasteiger partial charge is 0.338 e. The Morgan fingerprint density at radius 1 is 0.621 bits per heavy atom. The molecule has 0 aliphatic rings. The molecule has 2 heterocycles. The maximum Gasteiger partial charge on any atom is 0.231 e. The highest BCUT2D eigenvalue weighted by atomic mass is 15.2. The first-order valence-corrected chi connectivity index (χ1v) is 9.31. The van der Waals surface area contributed by atoms with Crippen molar-refractivity contribution >= 4 is 34.3 Å². The minimum Gasteiger partial charge on any atom is -0.338 e. The Bertz CT molecular complexity index is 1230. The average molecular weight is 378 g/mol. The van der Waals surface area contributed by atoms with Crippen LogP contribution >= 0.6 is 0 Å². The van der Waals surface area contributed by atoms with Crippen LogP contribution in [0.3, 0.4) is 0 Å². The van der Waals surface area contributed by atoms with Crippen LogP contribution in [0.15, 0.2) is 97.3 Å². The highest BCUT2D eigenvalue weighted by Gasteiger charge is 2.15. The molecule has 0 unspecified atom stereocenters. The molecular formula is C23H18N6. The van der Waals surface area contributed by atoms with Crippen LogP contribution in [0, 0.1) is 0 Å². The van der Waals surface area contributed by atoms with Crippen LogP contribution in [-0.2, 0) is 0 Å². The number of hydrogen-bond acceptors (Lipinski definition) is 5. The minimum absolute atomic E-state index is 0.500. The Balaban J connectivity index is 1.64. The number of hydrogen-bond donors (Lipinski definition) is 2. The molecule has 0 aliphatic heterocycles. The lowest BCUT2D eigenvalue weighted by Crippen LogP contribution is -2.04. The Kier molecular flexibility index (Phi) is 4.35. The van der Waals surface area contributed by atoms with Crippen molar-refractivity contribution in [3.8, 4) is 5.69 Å². The highest BCUT2D eigenvalue weighted by Crippen LogP contribution is 2.27. The number of aromatic nitrogens is 4. The summed E-state index contributed by atoms with van der Waals surface area (Å²) in [6, 6.07) is 29.8. The van der Waals surface area contributed by atoms with Gasteiger partial charge in [-0.05, 0) is 36.4 Å². The van der Waals surface area contributed by atoms with E-state index >= 15 is 0 Å². The predicted molar refractivity (Wildman–Crippen MR) is 116 cm³/mol. The number of fused-ring (bicyclic) bond motifs is 1. The second-order valence-electron chi connectivity index (χ2n) is 6.50. The molecule has 140 valence electrons. The summed E-state index contributed by atoms with van der Waals surface area (Å²) >= 11 is 0. The molecule has 0 radical (unpaired) electrons. The summed E-state index contributed by atoms with van der Waals surface area (Å²) < 4.78 is 1.96. The number of benzene rings is 3. The first kappa shape index (κ1) is 16.9. The van der Waals surface area contributed by atoms with E-state index in [1.54, 1.807) is 6.33 Å². The number of anilines is 4. The van der Waals surface area contributed by atoms with Gasteiger partial charge < -0.3 is 10.6 Å². The molecule has 3 aromatic carbocycles. The third-order valence-electron chi connectivity index (χ3n) is 4.50. The number of nitrogens with zero attached hydrogens (tertiary/aromatic N) is 4. The first-order chi connectivity index (χ1) is 14.4. The summed E-state index contributed by atoms with van der Waals surface area (Å²) in [6.07, 6.45) is 1.77. The van der Waals surface area contributed by atoms with Gasteiger partial charge in [0.2, 0.25) is 5.95 Å². The smallest absolute Gasteiger partial charge is 0.231 e. The zero-order valence-corrected chi connectivity index (χ0v) is 15.5. The SMILES string of the molecule is c1ccc(Nc2nc(Nc3ccccc3)c3ncn(-c4ccccc4)c3n2)cc1. The van der Waals surface area contributed by atoms with Crippen LogP contribution in [0.4, 0.5) is 23.1 Å². The van der Waals surface area contributed by atoms with Gasteiger partial charge in [0.15, 0.2) is 17.0 Å². The molecule has 5 aromatic rings. The fraction of sp³-hybridized carbons (Fsp3) is 0. The number of rotatable bonds is 5. The van der Waals surface area contributed by atoms with E-state index in [0.717, 1.165) is 22.7 Å². The molecule has 0 bridgehead atoms. The third-order valence-corrected chi connectivity index (χ3v) is 4.50. The maximum atomic E-state index is 4.75. The lowest BCUT2D eigenvalue weighted by atomic mass is 10.3. The van der Waals surface area contributed by atoms with E-state index in [9.17, 15) is 0 Å². The summed E-state index contributed by atoms with van der Waals surface area (Å²) in [5.74, 6) is 1.15. The van der Waals surface area contributed by atoms with E-state index in [0.29, 0.717) is 17.3 Å². The van der Waals surface area contributed by atoms with Crippen molar-refractivity contribution in [3.63, 3.8) is 0 Å². The van der Waals surface area contributed by atoms with Gasteiger partial charge in [0.1, 0.15) is 6.33 Å². The van der Waals surface area contributed by atoms with Crippen molar-refractivity contribution < 1.29 is 0 Å². The number of imidazole rings is 1. The molecule has 6 heteroatoms. The highest BCUT2D eigenvalue weighted by molar-refractivity contribution is 5.88. The summed E-state index contributed by atoms with van der Waals surface area (Å²) in [5.41, 5.74) is 4.28. The van der Waals surface area contributed by atoms with Crippen LogP contribution < -0.4 is 10.6 Å². The molecule has 0 saturated carbocycles. The standard InChI is InChI=1S/C23H18N6/c1-4-10-17(11-5-1)25-21-20-22(29(16-24-20)19-14-8-3-9-15-19)28-23(27-21)26-18-12-6-2-7-13-18/h1-16H,(H2,25,26,27,28). The molecule has 0 amide bonds. The summed E-state index contributed by atoms with van der Waals surface area (Å²) in [4.78, 5) is 14.0. The zero-order chi connectivity index (χ0) is 19.5. The zero-order valence-electron chi connectivity index (χ0n) is 15.5. The molecule has 0 aliphatic carbocycles. The Labute approximate surface area is 167 Å². The van der Waals surface area contributed by atoms with Crippen LogP contribution in [0.1, 0.15) is 0 Å². The van der Waals surface area contributed by atoms with E-state index in [-0.39, 0.29) is 0 Å². The van der Waals surface area contributed by atoms with Gasteiger partial charge in [-0.2, -0.15) is 9.97 Å². The van der Waals surface area contributed by atoms with E-state index in [1.807, 2.05) is 95.6 Å². The summed E-state index contributed by atoms with van der Waals surface area (Å²) in [6.45, 7) is 0. The first-order valence-electron chi connectivity index (χ1n) is 9.31. The van der Waals surface area contributed by atoms with Crippen molar-refractivity contribution in [1.82, 2.24) is 19.5 Å². The topological polar surface area (TPSA) is 67.7 Å². The molecule has 0 spiro atoms. The molecular weight excluding hydrogens is 360 g/mol. The second-order valence-corrected chi connectivity index (χ2v) is 6.50. The summed E-state index contributed by atoms with van der Waals surface area (Å²) in [5, 5.41) is 6.66. The van der Waals surface area contributed by atoms with Crippen molar-refractivity contribution in [2.75, 3.05) is 10.6 Å². The molecule has 0 saturated heterocycles. The van der Waals surface area contributed by atoms with E-state index in [1.165, 1.54) is 0 Å². The quantitative estimate of drug-likeness (QED) is 0.434. The molecule has 0 fully saturated rings. The van der Waals surface area contributed by atoms with Gasteiger partial charge >= 0.3 is 0 Å². The molecule has 5 rings (SSSR count). The number of para-hydroxylation sites is 3. The molecule has 0 atom stereocenters. The lowest BCUT2D eigenvalue weighted by molar-refractivity contribution is 1.06. The van der Waals surface area contributed by atoms with Gasteiger partial charge in [-0.15, -0.1) is 0 Å². The average Bonchev–Trinajstić information content (AvgIpc) is 3.20. The Hall–Kier alpha value is -4.19. The van der Waals surface area contributed by atoms with Crippen LogP contribution in [0.2, 0.25) is 0 Å². The van der Waals surface area contributed by atoms with Crippen LogP contribution in [-0.4, -0.2) is 19.5 Å². The monoisotopic (exact) mass is 378 g/mol. The van der Waals surface area contributed by atoms with Gasteiger partial charge in [0.05, 0.1) is 0 Å². The fourth-order valence-corrected chi connectivity index (χ4v) is 3.13. The second kappa shape index (κ2) is 7.44. The molecule has 2 aromatic heterocycles. The van der Waals surface area contributed by atoms with Gasteiger partial charge in [0, 0.05) is 17.1 Å². The predicted octanol–water partition coefficient (Wildman–Crippen LogP) is 5.30. The Morgan fingerprint density at radius 3 is 1.86 bits per heavy atom. The van der Waals surface area contributed by atoms with Gasteiger partial charge in [-0.3, -0.25) is 4.57 Å². The Morgan fingerprint density at radius 2 is 1.21 bits per heavy atom. The number of nitrogens with one attached hydrogen (secondary N) is 2. The van der Waals surface area contributed by atoms with Crippen molar-refractivity contribution in [2.24, 2.45) is 0 Å². The van der Waals surface area contributed by atoms with E-state index in [2.05, 4.69) is 20.6 Å². The van der Waals surface area contributed by atoms with Crippen molar-refractivity contribution in [1.29, 1.82) is 0 Å². The fourth-order valence-electron chi connectivity index (χ4n) is 3.13. The molecule has 6 nitrogen and oxygen atoms in total. The third kappa shape index (κ3) is 3.51. The normalized spacial score (nSPS) is 10.8. The van der Waals surface area contributed by atoms with Gasteiger partial charge in [-0.25, -0.2) is 4.98 Å². The minimum atomic E-state index is 0.500. The van der Waals surface area contributed by atoms with E-state index < -0.39 is 0 Å². The van der Waals surface area contributed by atoms with Gasteiger partial charge in [-0.1, -0.05) is 54.6 Å². The van der Waals surface area contributed by atoms with Crippen LogP contribution in [0.25, 0.3) is 16.9 Å². The summed E-state index contributed by atoms with van der Waals surface area (Å²) in [7, 11) is 0. The van der Waals surface area contributed by atoms with Gasteiger partial charge in [0.25, 0.3) is 0 Å². The van der Waals surface area contributed by atoms with Crippen LogP contribution in [0.5, 0.6) is 0 Å². The maximum absolute atomic E-state index is 4.75. The van der Waals surface area contributed by atoms with E-state index in [4.69, 9.17) is 4.98 Å².